The molecule has 0 unspecified atom stereocenters. The van der Waals surface area contributed by atoms with Gasteiger partial charge in [-0.15, -0.1) is 0 Å². The van der Waals surface area contributed by atoms with Gasteiger partial charge in [0, 0.05) is 6.92 Å². The SMILES string of the molecule is CC(=O)NC[C@H]1CN(c2cc(F)c(-c3ccc(N4C[C@@H](CO)OC4=O)c(F)c3)c(F)c2)C(=O)O1. The highest BCUT2D eigenvalue weighted by Gasteiger charge is 2.35. The van der Waals surface area contributed by atoms with Gasteiger partial charge in [-0.05, 0) is 29.8 Å². The number of cyclic esters (lactones) is 2. The maximum Gasteiger partial charge on any atom is 0.414 e. The van der Waals surface area contributed by atoms with E-state index in [4.69, 9.17) is 14.6 Å². The van der Waals surface area contributed by atoms with Gasteiger partial charge in [-0.1, -0.05) is 6.07 Å². The van der Waals surface area contributed by atoms with E-state index in [1.54, 1.807) is 0 Å². The Hall–Kier alpha value is -3.80. The number of ether oxygens (including phenoxy) is 2. The third-order valence-corrected chi connectivity index (χ3v) is 5.40. The van der Waals surface area contributed by atoms with Gasteiger partial charge in [-0.2, -0.15) is 0 Å². The van der Waals surface area contributed by atoms with Crippen LogP contribution in [-0.4, -0.2) is 61.6 Å². The van der Waals surface area contributed by atoms with Crippen LogP contribution >= 0.6 is 0 Å². The van der Waals surface area contributed by atoms with Crippen LogP contribution in [0.3, 0.4) is 0 Å². The molecule has 0 spiro atoms. The van der Waals surface area contributed by atoms with Crippen molar-refractivity contribution < 1.29 is 42.1 Å². The third kappa shape index (κ3) is 4.49. The highest BCUT2D eigenvalue weighted by Crippen LogP contribution is 2.34. The van der Waals surface area contributed by atoms with E-state index < -0.39 is 54.0 Å². The fourth-order valence-corrected chi connectivity index (χ4v) is 3.78. The van der Waals surface area contributed by atoms with Gasteiger partial charge in [-0.3, -0.25) is 14.6 Å². The van der Waals surface area contributed by atoms with Crippen molar-refractivity contribution >= 4 is 29.5 Å². The minimum absolute atomic E-state index is 0.0264. The van der Waals surface area contributed by atoms with Crippen LogP contribution in [0.1, 0.15) is 6.92 Å². The molecule has 9 nitrogen and oxygen atoms in total. The normalized spacial score (nSPS) is 19.9. The molecule has 4 rings (SSSR count). The summed E-state index contributed by atoms with van der Waals surface area (Å²) < 4.78 is 54.5. The number of aliphatic hydroxyl groups excluding tert-OH is 1. The maximum atomic E-state index is 14.9. The predicted molar refractivity (Wildman–Crippen MR) is 113 cm³/mol. The minimum atomic E-state index is -1.04. The summed E-state index contributed by atoms with van der Waals surface area (Å²) >= 11 is 0. The number of hydrogen-bond donors (Lipinski definition) is 2. The summed E-state index contributed by atoms with van der Waals surface area (Å²) in [6, 6.07) is 5.16. The highest BCUT2D eigenvalue weighted by atomic mass is 19.1. The second-order valence-electron chi connectivity index (χ2n) is 7.80. The fraction of sp³-hybridized carbons (Fsp3) is 0.318. The van der Waals surface area contributed by atoms with E-state index in [1.165, 1.54) is 19.1 Å². The van der Waals surface area contributed by atoms with Crippen molar-refractivity contribution in [1.82, 2.24) is 5.32 Å². The molecular weight excluding hydrogens is 459 g/mol. The zero-order chi connectivity index (χ0) is 24.6. The van der Waals surface area contributed by atoms with Crippen molar-refractivity contribution in [3.63, 3.8) is 0 Å². The molecule has 2 aromatic carbocycles. The van der Waals surface area contributed by atoms with E-state index in [-0.39, 0.29) is 42.5 Å². The largest absolute Gasteiger partial charge is 0.442 e. The second-order valence-corrected chi connectivity index (χ2v) is 7.80. The lowest BCUT2D eigenvalue weighted by Gasteiger charge is -2.17. The van der Waals surface area contributed by atoms with E-state index >= 15 is 0 Å². The number of carbonyl (C=O) groups is 3. The molecule has 2 aromatic rings. The standard InChI is InChI=1S/C22H20F3N3O6/c1-11(30)26-7-14-8-27(21(31)33-14)13-5-17(24)20(18(25)6-13)12-2-3-19(16(23)4-12)28-9-15(10-29)34-22(28)32/h2-6,14-15,29H,7-10H2,1H3,(H,26,30)/t14-,15-/m0/s1. The summed E-state index contributed by atoms with van der Waals surface area (Å²) in [6.45, 7) is 0.828. The number of hydrogen-bond acceptors (Lipinski definition) is 6. The van der Waals surface area contributed by atoms with Crippen LogP contribution in [0, 0.1) is 17.5 Å². The number of anilines is 2. The van der Waals surface area contributed by atoms with E-state index in [1.807, 2.05) is 0 Å². The van der Waals surface area contributed by atoms with Gasteiger partial charge in [0.1, 0.15) is 29.7 Å². The predicted octanol–water partition coefficient (Wildman–Crippen LogP) is 2.55. The van der Waals surface area contributed by atoms with Gasteiger partial charge >= 0.3 is 12.2 Å². The molecule has 2 aliphatic heterocycles. The topological polar surface area (TPSA) is 108 Å². The summed E-state index contributed by atoms with van der Waals surface area (Å²) in [6.07, 6.45) is -3.16. The Labute approximate surface area is 191 Å². The van der Waals surface area contributed by atoms with Gasteiger partial charge in [0.05, 0.1) is 43.2 Å². The van der Waals surface area contributed by atoms with Crippen LogP contribution in [0.2, 0.25) is 0 Å². The van der Waals surface area contributed by atoms with Crippen molar-refractivity contribution in [1.29, 1.82) is 0 Å². The summed E-state index contributed by atoms with van der Waals surface area (Å²) in [7, 11) is 0. The maximum absolute atomic E-state index is 14.9. The molecule has 2 saturated heterocycles. The monoisotopic (exact) mass is 479 g/mol. The summed E-state index contributed by atoms with van der Waals surface area (Å²) in [5.41, 5.74) is -0.899. The molecule has 0 saturated carbocycles. The quantitative estimate of drug-likeness (QED) is 0.660. The number of nitrogens with one attached hydrogen (secondary N) is 1. The Morgan fingerprint density at radius 3 is 2.21 bits per heavy atom. The number of halogens is 3. The second kappa shape index (κ2) is 9.21. The molecule has 0 bridgehead atoms. The Bertz CT molecular complexity index is 1140. The molecule has 0 aromatic heterocycles. The van der Waals surface area contributed by atoms with Crippen molar-refractivity contribution in [2.75, 3.05) is 36.0 Å². The first kappa shape index (κ1) is 23.4. The molecule has 2 heterocycles. The Balaban J connectivity index is 1.57. The summed E-state index contributed by atoms with van der Waals surface area (Å²) in [5.74, 6) is -3.31. The Kier molecular flexibility index (Phi) is 6.33. The Morgan fingerprint density at radius 2 is 1.62 bits per heavy atom. The average Bonchev–Trinajstić information content (AvgIpc) is 3.34. The summed E-state index contributed by atoms with van der Waals surface area (Å²) in [4.78, 5) is 37.1. The highest BCUT2D eigenvalue weighted by molar-refractivity contribution is 5.91. The average molecular weight is 479 g/mol. The minimum Gasteiger partial charge on any atom is -0.442 e. The lowest BCUT2D eigenvalue weighted by atomic mass is 10.0. The molecule has 0 radical (unpaired) electrons. The molecule has 3 amide bonds. The number of carbonyl (C=O) groups excluding carboxylic acids is 3. The van der Waals surface area contributed by atoms with Crippen LogP contribution in [0.4, 0.5) is 34.1 Å². The fourth-order valence-electron chi connectivity index (χ4n) is 3.78. The van der Waals surface area contributed by atoms with Crippen LogP contribution in [0.15, 0.2) is 30.3 Å². The first-order valence-electron chi connectivity index (χ1n) is 10.3. The molecule has 0 aliphatic carbocycles. The number of amides is 3. The van der Waals surface area contributed by atoms with Crippen molar-refractivity contribution in [2.45, 2.75) is 19.1 Å². The van der Waals surface area contributed by atoms with Gasteiger partial charge in [0.15, 0.2) is 0 Å². The van der Waals surface area contributed by atoms with Crippen LogP contribution in [-0.2, 0) is 14.3 Å². The van der Waals surface area contributed by atoms with E-state index in [0.717, 1.165) is 28.0 Å². The number of aliphatic hydroxyl groups is 1. The Morgan fingerprint density at radius 1 is 1.00 bits per heavy atom. The smallest absolute Gasteiger partial charge is 0.414 e. The van der Waals surface area contributed by atoms with E-state index in [2.05, 4.69) is 5.32 Å². The molecule has 2 fully saturated rings. The number of rotatable bonds is 6. The molecule has 34 heavy (non-hydrogen) atoms. The van der Waals surface area contributed by atoms with Crippen LogP contribution in [0.25, 0.3) is 11.1 Å². The molecule has 2 N–H and O–H groups in total. The first-order chi connectivity index (χ1) is 16.2. The van der Waals surface area contributed by atoms with Gasteiger partial charge in [-0.25, -0.2) is 22.8 Å². The van der Waals surface area contributed by atoms with Crippen molar-refractivity contribution in [3.8, 4) is 11.1 Å². The van der Waals surface area contributed by atoms with Crippen LogP contribution < -0.4 is 15.1 Å². The van der Waals surface area contributed by atoms with Gasteiger partial charge in [0.2, 0.25) is 5.91 Å². The number of nitrogens with zero attached hydrogens (tertiary/aromatic N) is 2. The van der Waals surface area contributed by atoms with Crippen LogP contribution in [0.5, 0.6) is 0 Å². The van der Waals surface area contributed by atoms with Crippen molar-refractivity contribution in [3.05, 3.63) is 47.8 Å². The lowest BCUT2D eigenvalue weighted by Crippen LogP contribution is -2.33. The molecule has 2 aliphatic rings. The van der Waals surface area contributed by atoms with Gasteiger partial charge < -0.3 is 19.9 Å². The van der Waals surface area contributed by atoms with E-state index in [9.17, 15) is 27.6 Å². The first-order valence-corrected chi connectivity index (χ1v) is 10.3. The van der Waals surface area contributed by atoms with Crippen molar-refractivity contribution in [2.24, 2.45) is 0 Å². The molecule has 2 atom stereocenters. The summed E-state index contributed by atoms with van der Waals surface area (Å²) in [5, 5.41) is 11.6. The molecule has 12 heteroatoms. The molecular formula is C22H20F3N3O6. The lowest BCUT2D eigenvalue weighted by molar-refractivity contribution is -0.119. The molecule has 180 valence electrons. The van der Waals surface area contributed by atoms with Gasteiger partial charge in [0.25, 0.3) is 0 Å². The third-order valence-electron chi connectivity index (χ3n) is 5.40. The van der Waals surface area contributed by atoms with E-state index in [0.29, 0.717) is 0 Å². The zero-order valence-corrected chi connectivity index (χ0v) is 17.9. The zero-order valence-electron chi connectivity index (χ0n) is 17.9. The number of benzene rings is 2.